The molecule has 0 spiro atoms. The van der Waals surface area contributed by atoms with E-state index in [4.69, 9.17) is 18.9 Å². The molecule has 1 aromatic heterocycles. The first-order chi connectivity index (χ1) is 21.5. The highest BCUT2D eigenvalue weighted by Gasteiger charge is 2.24. The summed E-state index contributed by atoms with van der Waals surface area (Å²) in [6.07, 6.45) is -0.636. The molecular formula is C33H42N4O8. The topological polar surface area (TPSA) is 144 Å². The van der Waals surface area contributed by atoms with Crippen molar-refractivity contribution in [3.8, 4) is 22.9 Å². The van der Waals surface area contributed by atoms with Crippen LogP contribution in [0.4, 0.5) is 4.79 Å². The fourth-order valence-corrected chi connectivity index (χ4v) is 4.78. The van der Waals surface area contributed by atoms with E-state index >= 15 is 0 Å². The Kier molecular flexibility index (Phi) is 11.7. The average molecular weight is 623 g/mol. The lowest BCUT2D eigenvalue weighted by Crippen LogP contribution is -2.44. The first-order valence-electron chi connectivity index (χ1n) is 14.9. The van der Waals surface area contributed by atoms with Crippen LogP contribution in [-0.4, -0.2) is 100 Å². The Bertz CT molecular complexity index is 1440. The van der Waals surface area contributed by atoms with Gasteiger partial charge in [-0.05, 0) is 56.2 Å². The van der Waals surface area contributed by atoms with Crippen LogP contribution in [0.15, 0.2) is 54.7 Å². The van der Waals surface area contributed by atoms with Crippen LogP contribution in [0.25, 0.3) is 11.4 Å². The molecule has 1 unspecified atom stereocenters. The number of aliphatic hydroxyl groups is 1. The Morgan fingerprint density at radius 1 is 1.09 bits per heavy atom. The zero-order chi connectivity index (χ0) is 32.4. The summed E-state index contributed by atoms with van der Waals surface area (Å²) >= 11 is 0. The average Bonchev–Trinajstić information content (AvgIpc) is 3.02. The van der Waals surface area contributed by atoms with E-state index in [1.54, 1.807) is 36.4 Å². The molecule has 242 valence electrons. The van der Waals surface area contributed by atoms with Crippen LogP contribution in [-0.2, 0) is 33.8 Å². The van der Waals surface area contributed by atoms with Gasteiger partial charge in [0, 0.05) is 45.3 Å². The number of carboxylic acid groups (broad SMARTS) is 1. The number of aliphatic carboxylic acids is 1. The largest absolute Gasteiger partial charge is 0.496 e. The van der Waals surface area contributed by atoms with E-state index < -0.39 is 23.8 Å². The molecule has 45 heavy (non-hydrogen) atoms. The third-order valence-corrected chi connectivity index (χ3v) is 7.07. The number of carbonyl (C=O) groups is 2. The van der Waals surface area contributed by atoms with E-state index in [1.165, 1.54) is 0 Å². The van der Waals surface area contributed by atoms with Gasteiger partial charge in [0.25, 0.3) is 0 Å². The lowest BCUT2D eigenvalue weighted by molar-refractivity contribution is -0.146. The van der Waals surface area contributed by atoms with Gasteiger partial charge >= 0.3 is 12.1 Å². The van der Waals surface area contributed by atoms with Crippen molar-refractivity contribution in [1.29, 1.82) is 0 Å². The van der Waals surface area contributed by atoms with Crippen molar-refractivity contribution < 1.29 is 38.7 Å². The molecule has 1 aliphatic heterocycles. The summed E-state index contributed by atoms with van der Waals surface area (Å²) < 4.78 is 22.7. The number of nitrogens with zero attached hydrogens (tertiary/aromatic N) is 4. The van der Waals surface area contributed by atoms with Crippen molar-refractivity contribution >= 4 is 12.1 Å². The van der Waals surface area contributed by atoms with E-state index in [0.717, 1.165) is 24.2 Å². The number of hydrogen-bond acceptors (Lipinski definition) is 10. The third-order valence-electron chi connectivity index (χ3n) is 7.07. The number of carbonyl (C=O) groups excluding carboxylic acids is 1. The van der Waals surface area contributed by atoms with E-state index in [2.05, 4.69) is 14.9 Å². The smallest absolute Gasteiger partial charge is 0.410 e. The number of morpholine rings is 1. The van der Waals surface area contributed by atoms with Gasteiger partial charge < -0.3 is 34.1 Å². The van der Waals surface area contributed by atoms with Crippen LogP contribution >= 0.6 is 0 Å². The lowest BCUT2D eigenvalue weighted by atomic mass is 10.0. The van der Waals surface area contributed by atoms with Gasteiger partial charge in [-0.3, -0.25) is 4.90 Å². The van der Waals surface area contributed by atoms with Crippen LogP contribution in [0, 0.1) is 0 Å². The summed E-state index contributed by atoms with van der Waals surface area (Å²) in [5.41, 5.74) is 1.88. The normalized spacial score (nSPS) is 14.4. The van der Waals surface area contributed by atoms with Crippen LogP contribution in [0.2, 0.25) is 0 Å². The second-order valence-corrected chi connectivity index (χ2v) is 11.7. The number of hydrogen-bond donors (Lipinski definition) is 2. The Morgan fingerprint density at radius 2 is 1.84 bits per heavy atom. The molecular weight excluding hydrogens is 580 g/mol. The molecule has 4 rings (SSSR count). The highest BCUT2D eigenvalue weighted by molar-refractivity contribution is 5.72. The number of aromatic nitrogens is 2. The van der Waals surface area contributed by atoms with Gasteiger partial charge in [-0.1, -0.05) is 24.3 Å². The molecule has 0 aliphatic carbocycles. The van der Waals surface area contributed by atoms with Crippen molar-refractivity contribution in [2.24, 2.45) is 0 Å². The maximum Gasteiger partial charge on any atom is 0.410 e. The van der Waals surface area contributed by atoms with Crippen molar-refractivity contribution in [3.63, 3.8) is 0 Å². The van der Waals surface area contributed by atoms with Gasteiger partial charge in [-0.2, -0.15) is 0 Å². The zero-order valence-corrected chi connectivity index (χ0v) is 26.3. The Morgan fingerprint density at radius 3 is 2.56 bits per heavy atom. The van der Waals surface area contributed by atoms with Crippen LogP contribution < -0.4 is 9.47 Å². The molecule has 0 saturated carbocycles. The predicted molar refractivity (Wildman–Crippen MR) is 166 cm³/mol. The molecule has 2 heterocycles. The molecule has 12 nitrogen and oxygen atoms in total. The van der Waals surface area contributed by atoms with Crippen molar-refractivity contribution in [2.75, 3.05) is 46.5 Å². The maximum absolute atomic E-state index is 13.2. The molecule has 3 aromatic rings. The van der Waals surface area contributed by atoms with E-state index in [-0.39, 0.29) is 19.6 Å². The zero-order valence-electron chi connectivity index (χ0n) is 26.3. The number of rotatable bonds is 13. The highest BCUT2D eigenvalue weighted by atomic mass is 16.6. The lowest BCUT2D eigenvalue weighted by Gasteiger charge is -2.31. The summed E-state index contributed by atoms with van der Waals surface area (Å²) in [4.78, 5) is 37.6. The standard InChI is InChI=1S/C33H42N4O8/c1-33(2,3)45-32(41)37(14-13-36-15-17-43-18-16-36)21-23-9-10-28(24(19-23)20-27(38)31(39)40)44-22-25-11-12-34-30(35-25)26-7-5-6-8-29(26)42-4/h5-12,19,27,38H,13-18,20-22H2,1-4H3,(H,39,40). The molecule has 2 N–H and O–H groups in total. The second kappa shape index (κ2) is 15.6. The SMILES string of the molecule is COc1ccccc1-c1nccc(COc2ccc(CN(CCN3CCOCC3)C(=O)OC(C)(C)C)cc2CC(O)C(=O)O)n1. The molecule has 2 aromatic carbocycles. The van der Waals surface area contributed by atoms with Crippen molar-refractivity contribution in [1.82, 2.24) is 19.8 Å². The van der Waals surface area contributed by atoms with Gasteiger partial charge in [0.15, 0.2) is 11.9 Å². The molecule has 1 saturated heterocycles. The number of carboxylic acids is 1. The fraction of sp³-hybridized carbons (Fsp3) is 0.455. The minimum Gasteiger partial charge on any atom is -0.496 e. The Hall–Kier alpha value is -4.26. The minimum atomic E-state index is -1.64. The Balaban J connectivity index is 1.54. The monoisotopic (exact) mass is 622 g/mol. The number of amides is 1. The molecule has 1 fully saturated rings. The summed E-state index contributed by atoms with van der Waals surface area (Å²) in [5.74, 6) is 0.171. The number of aliphatic hydroxyl groups excluding tert-OH is 1. The summed E-state index contributed by atoms with van der Waals surface area (Å²) in [7, 11) is 1.58. The van der Waals surface area contributed by atoms with Crippen molar-refractivity contribution in [2.45, 2.75) is 52.0 Å². The summed E-state index contributed by atoms with van der Waals surface area (Å²) in [6, 6.07) is 14.5. The molecule has 0 radical (unpaired) electrons. The molecule has 1 atom stereocenters. The number of para-hydroxylation sites is 1. The quantitative estimate of drug-likeness (QED) is 0.287. The molecule has 1 amide bonds. The van der Waals surface area contributed by atoms with Gasteiger partial charge in [-0.15, -0.1) is 0 Å². The molecule has 12 heteroatoms. The highest BCUT2D eigenvalue weighted by Crippen LogP contribution is 2.28. The minimum absolute atomic E-state index is 0.0732. The van der Waals surface area contributed by atoms with E-state index in [9.17, 15) is 19.8 Å². The van der Waals surface area contributed by atoms with Crippen molar-refractivity contribution in [3.05, 3.63) is 71.5 Å². The van der Waals surface area contributed by atoms with E-state index in [1.807, 2.05) is 51.1 Å². The third kappa shape index (κ3) is 10.1. The first kappa shape index (κ1) is 33.6. The maximum atomic E-state index is 13.2. The Labute approximate surface area is 263 Å². The first-order valence-corrected chi connectivity index (χ1v) is 14.9. The van der Waals surface area contributed by atoms with Gasteiger partial charge in [0.1, 0.15) is 23.7 Å². The van der Waals surface area contributed by atoms with Gasteiger partial charge in [0.05, 0.1) is 31.6 Å². The number of ether oxygens (including phenoxy) is 4. The van der Waals surface area contributed by atoms with Crippen LogP contribution in [0.3, 0.4) is 0 Å². The predicted octanol–water partition coefficient (Wildman–Crippen LogP) is 3.79. The fourth-order valence-electron chi connectivity index (χ4n) is 4.78. The van der Waals surface area contributed by atoms with Gasteiger partial charge in [-0.25, -0.2) is 19.6 Å². The summed E-state index contributed by atoms with van der Waals surface area (Å²) in [6.45, 7) is 9.73. The second-order valence-electron chi connectivity index (χ2n) is 11.7. The molecule has 0 bridgehead atoms. The van der Waals surface area contributed by atoms with Crippen LogP contribution in [0.5, 0.6) is 11.5 Å². The van der Waals surface area contributed by atoms with Crippen LogP contribution in [0.1, 0.15) is 37.6 Å². The van der Waals surface area contributed by atoms with E-state index in [0.29, 0.717) is 54.9 Å². The number of benzene rings is 2. The molecule has 1 aliphatic rings. The summed E-state index contributed by atoms with van der Waals surface area (Å²) in [5, 5.41) is 19.6. The number of methoxy groups -OCH3 is 1. The van der Waals surface area contributed by atoms with Gasteiger partial charge in [0.2, 0.25) is 0 Å².